The fourth-order valence-electron chi connectivity index (χ4n) is 1.47. The maximum Gasteiger partial charge on any atom is 0.228 e. The van der Waals surface area contributed by atoms with E-state index in [0.29, 0.717) is 30.4 Å². The molecule has 2 aromatic heterocycles. The van der Waals surface area contributed by atoms with Crippen LogP contribution in [-0.2, 0) is 18.2 Å². The SMILES string of the molecule is COCC(N)Cc1nc(-c2ccn(C)n2)no1. The molecule has 0 aliphatic heterocycles. The molecule has 2 heterocycles. The number of aryl methyl sites for hydroxylation is 1. The van der Waals surface area contributed by atoms with Crippen LogP contribution in [0.4, 0.5) is 0 Å². The zero-order chi connectivity index (χ0) is 12.3. The van der Waals surface area contributed by atoms with Gasteiger partial charge in [-0.2, -0.15) is 10.1 Å². The quantitative estimate of drug-likeness (QED) is 0.786. The third kappa shape index (κ3) is 2.89. The summed E-state index contributed by atoms with van der Waals surface area (Å²) in [7, 11) is 3.44. The van der Waals surface area contributed by atoms with Crippen molar-refractivity contribution in [3.63, 3.8) is 0 Å². The van der Waals surface area contributed by atoms with Crippen LogP contribution < -0.4 is 5.73 Å². The lowest BCUT2D eigenvalue weighted by Crippen LogP contribution is -2.28. The summed E-state index contributed by atoms with van der Waals surface area (Å²) in [5.41, 5.74) is 6.48. The summed E-state index contributed by atoms with van der Waals surface area (Å²) in [6.07, 6.45) is 2.32. The molecule has 7 nitrogen and oxygen atoms in total. The van der Waals surface area contributed by atoms with E-state index in [9.17, 15) is 0 Å². The Bertz CT molecular complexity index is 479. The third-order valence-electron chi connectivity index (χ3n) is 2.23. The van der Waals surface area contributed by atoms with Crippen LogP contribution in [0, 0.1) is 0 Å². The first-order chi connectivity index (χ1) is 8.19. The molecule has 0 amide bonds. The van der Waals surface area contributed by atoms with Gasteiger partial charge in [-0.25, -0.2) is 0 Å². The summed E-state index contributed by atoms with van der Waals surface area (Å²) in [5.74, 6) is 0.973. The van der Waals surface area contributed by atoms with E-state index >= 15 is 0 Å². The average Bonchev–Trinajstić information content (AvgIpc) is 2.87. The summed E-state index contributed by atoms with van der Waals surface area (Å²) >= 11 is 0. The zero-order valence-corrected chi connectivity index (χ0v) is 9.83. The minimum atomic E-state index is -0.142. The highest BCUT2D eigenvalue weighted by Crippen LogP contribution is 2.12. The number of ether oxygens (including phenoxy) is 1. The van der Waals surface area contributed by atoms with Crippen molar-refractivity contribution >= 4 is 0 Å². The highest BCUT2D eigenvalue weighted by molar-refractivity contribution is 5.46. The van der Waals surface area contributed by atoms with Crippen LogP contribution in [0.5, 0.6) is 0 Å². The maximum atomic E-state index is 5.80. The molecule has 0 saturated carbocycles. The van der Waals surface area contributed by atoms with Gasteiger partial charge in [0.05, 0.1) is 6.61 Å². The van der Waals surface area contributed by atoms with Gasteiger partial charge in [0.1, 0.15) is 5.69 Å². The molecule has 2 N–H and O–H groups in total. The largest absolute Gasteiger partial charge is 0.383 e. The number of methoxy groups -OCH3 is 1. The van der Waals surface area contributed by atoms with E-state index in [1.54, 1.807) is 11.8 Å². The second-order valence-electron chi connectivity index (χ2n) is 3.81. The van der Waals surface area contributed by atoms with Crippen LogP contribution in [0.2, 0.25) is 0 Å². The number of hydrogen-bond acceptors (Lipinski definition) is 6. The van der Waals surface area contributed by atoms with E-state index in [2.05, 4.69) is 15.2 Å². The van der Waals surface area contributed by atoms with E-state index in [1.165, 1.54) is 0 Å². The number of aromatic nitrogens is 4. The number of nitrogens with zero attached hydrogens (tertiary/aromatic N) is 4. The van der Waals surface area contributed by atoms with Crippen molar-refractivity contribution in [2.45, 2.75) is 12.5 Å². The minimum absolute atomic E-state index is 0.142. The lowest BCUT2D eigenvalue weighted by atomic mass is 10.2. The van der Waals surface area contributed by atoms with Gasteiger partial charge in [0.25, 0.3) is 0 Å². The van der Waals surface area contributed by atoms with Crippen molar-refractivity contribution in [3.05, 3.63) is 18.2 Å². The molecule has 1 atom stereocenters. The van der Waals surface area contributed by atoms with Gasteiger partial charge in [0.15, 0.2) is 0 Å². The molecule has 0 aliphatic carbocycles. The van der Waals surface area contributed by atoms with Crippen LogP contribution in [0.1, 0.15) is 5.89 Å². The maximum absolute atomic E-state index is 5.80. The molecular formula is C10H15N5O2. The average molecular weight is 237 g/mol. The first-order valence-electron chi connectivity index (χ1n) is 5.26. The van der Waals surface area contributed by atoms with Gasteiger partial charge in [0, 0.05) is 32.8 Å². The summed E-state index contributed by atoms with van der Waals surface area (Å²) in [5, 5.41) is 8.04. The number of nitrogens with two attached hydrogens (primary N) is 1. The molecule has 0 bridgehead atoms. The second kappa shape index (κ2) is 5.07. The minimum Gasteiger partial charge on any atom is -0.383 e. The summed E-state index contributed by atoms with van der Waals surface area (Å²) in [4.78, 5) is 4.23. The molecule has 0 spiro atoms. The van der Waals surface area contributed by atoms with Crippen molar-refractivity contribution in [1.29, 1.82) is 0 Å². The molecule has 0 fully saturated rings. The van der Waals surface area contributed by atoms with Crippen molar-refractivity contribution in [2.24, 2.45) is 12.8 Å². The molecule has 7 heteroatoms. The molecule has 0 aromatic carbocycles. The normalized spacial score (nSPS) is 12.9. The highest BCUT2D eigenvalue weighted by atomic mass is 16.5. The second-order valence-corrected chi connectivity index (χ2v) is 3.81. The Morgan fingerprint density at radius 3 is 3.06 bits per heavy atom. The monoisotopic (exact) mass is 237 g/mol. The summed E-state index contributed by atoms with van der Waals surface area (Å²) in [6.45, 7) is 0.460. The van der Waals surface area contributed by atoms with Gasteiger partial charge in [-0.1, -0.05) is 5.16 Å². The Morgan fingerprint density at radius 1 is 1.59 bits per heavy atom. The Labute approximate surface area is 98.6 Å². The van der Waals surface area contributed by atoms with Gasteiger partial charge in [-0.15, -0.1) is 0 Å². The lowest BCUT2D eigenvalue weighted by molar-refractivity contribution is 0.176. The molecule has 1 unspecified atom stereocenters. The topological polar surface area (TPSA) is 92.0 Å². The zero-order valence-electron chi connectivity index (χ0n) is 9.83. The fourth-order valence-corrected chi connectivity index (χ4v) is 1.47. The van der Waals surface area contributed by atoms with Crippen molar-refractivity contribution in [1.82, 2.24) is 19.9 Å². The molecule has 0 saturated heterocycles. The molecule has 2 aromatic rings. The highest BCUT2D eigenvalue weighted by Gasteiger charge is 2.13. The van der Waals surface area contributed by atoms with Crippen LogP contribution >= 0.6 is 0 Å². The van der Waals surface area contributed by atoms with Gasteiger partial charge < -0.3 is 15.0 Å². The Balaban J connectivity index is 2.05. The molecular weight excluding hydrogens is 222 g/mol. The van der Waals surface area contributed by atoms with Crippen molar-refractivity contribution in [3.8, 4) is 11.5 Å². The molecule has 0 aliphatic rings. The molecule has 17 heavy (non-hydrogen) atoms. The van der Waals surface area contributed by atoms with E-state index in [-0.39, 0.29) is 6.04 Å². The van der Waals surface area contributed by atoms with Crippen LogP contribution in [0.25, 0.3) is 11.5 Å². The lowest BCUT2D eigenvalue weighted by Gasteiger charge is -2.05. The Hall–Kier alpha value is -1.73. The standard InChI is InChI=1S/C10H15N5O2/c1-15-4-3-8(13-15)10-12-9(17-14-10)5-7(11)6-16-2/h3-4,7H,5-6,11H2,1-2H3. The predicted molar refractivity (Wildman–Crippen MR) is 60.1 cm³/mol. The van der Waals surface area contributed by atoms with Crippen molar-refractivity contribution < 1.29 is 9.26 Å². The van der Waals surface area contributed by atoms with Gasteiger partial charge in [-0.05, 0) is 6.07 Å². The fraction of sp³-hybridized carbons (Fsp3) is 0.500. The molecule has 2 rings (SSSR count). The third-order valence-corrected chi connectivity index (χ3v) is 2.23. The van der Waals surface area contributed by atoms with Crippen molar-refractivity contribution in [2.75, 3.05) is 13.7 Å². The van der Waals surface area contributed by atoms with E-state index < -0.39 is 0 Å². The smallest absolute Gasteiger partial charge is 0.228 e. The Morgan fingerprint density at radius 2 is 2.41 bits per heavy atom. The van der Waals surface area contributed by atoms with E-state index in [0.717, 1.165) is 0 Å². The van der Waals surface area contributed by atoms with Crippen LogP contribution in [0.15, 0.2) is 16.8 Å². The first kappa shape index (κ1) is 11.7. The number of rotatable bonds is 5. The van der Waals surface area contributed by atoms with Crippen LogP contribution in [0.3, 0.4) is 0 Å². The number of hydrogen-bond donors (Lipinski definition) is 1. The Kier molecular flexibility index (Phi) is 3.50. The molecule has 92 valence electrons. The summed E-state index contributed by atoms with van der Waals surface area (Å²) in [6, 6.07) is 1.68. The first-order valence-corrected chi connectivity index (χ1v) is 5.26. The predicted octanol–water partition coefficient (Wildman–Crippen LogP) is -0.0137. The van der Waals surface area contributed by atoms with Gasteiger partial charge in [-0.3, -0.25) is 4.68 Å². The molecule has 0 radical (unpaired) electrons. The van der Waals surface area contributed by atoms with E-state index in [4.69, 9.17) is 15.0 Å². The summed E-state index contributed by atoms with van der Waals surface area (Å²) < 4.78 is 11.7. The van der Waals surface area contributed by atoms with Crippen LogP contribution in [-0.4, -0.2) is 39.7 Å². The van der Waals surface area contributed by atoms with Gasteiger partial charge >= 0.3 is 0 Å². The van der Waals surface area contributed by atoms with Gasteiger partial charge in [0.2, 0.25) is 11.7 Å². The van der Waals surface area contributed by atoms with E-state index in [1.807, 2.05) is 19.3 Å².